The molecule has 7 N–H and O–H groups in total. The van der Waals surface area contributed by atoms with E-state index in [1.165, 1.54) is 94.2 Å². The predicted molar refractivity (Wildman–Crippen MR) is 259 cm³/mol. The average molecular weight is 903 g/mol. The molecule has 2 aromatic carbocycles. The SMILES string of the molecule is CCCCCCCCCCCCCCCCN(CCSC[C@@H](NC(C)=O)C(=O)N[C@@H](CO)C(=O)NCc1ccc(Cn2c(CCCC)nc3c(N)nc4ccccc4c32)cc1)C(=O)O. The van der Waals surface area contributed by atoms with E-state index >= 15 is 0 Å². The molecule has 0 saturated carbocycles. The molecule has 4 aromatic rings. The number of aryl methyl sites for hydroxylation is 1. The summed E-state index contributed by atoms with van der Waals surface area (Å²) in [5, 5.41) is 28.8. The number of imidazole rings is 1. The van der Waals surface area contributed by atoms with Gasteiger partial charge in [-0.15, -0.1) is 0 Å². The van der Waals surface area contributed by atoms with E-state index in [4.69, 9.17) is 10.7 Å². The molecule has 0 fully saturated rings. The van der Waals surface area contributed by atoms with Crippen molar-refractivity contribution in [3.05, 3.63) is 65.5 Å². The van der Waals surface area contributed by atoms with Crippen molar-refractivity contribution in [3.8, 4) is 0 Å². The maximum absolute atomic E-state index is 13.3. The van der Waals surface area contributed by atoms with E-state index in [-0.39, 0.29) is 12.3 Å². The number of nitrogens with zero attached hydrogens (tertiary/aromatic N) is 4. The van der Waals surface area contributed by atoms with Gasteiger partial charge >= 0.3 is 6.09 Å². The minimum Gasteiger partial charge on any atom is -0.465 e. The van der Waals surface area contributed by atoms with Crippen LogP contribution in [0, 0.1) is 0 Å². The summed E-state index contributed by atoms with van der Waals surface area (Å²) in [5.41, 5.74) is 10.7. The van der Waals surface area contributed by atoms with Gasteiger partial charge in [-0.05, 0) is 30.0 Å². The first kappa shape index (κ1) is 51.7. The molecule has 2 atom stereocenters. The molecule has 15 heteroatoms. The van der Waals surface area contributed by atoms with Gasteiger partial charge in [-0.1, -0.05) is 146 Å². The van der Waals surface area contributed by atoms with Crippen molar-refractivity contribution in [1.82, 2.24) is 35.4 Å². The number of rotatable bonds is 32. The van der Waals surface area contributed by atoms with Gasteiger partial charge in [0.2, 0.25) is 17.7 Å². The number of anilines is 1. The van der Waals surface area contributed by atoms with Crippen LogP contribution in [-0.4, -0.2) is 96.7 Å². The summed E-state index contributed by atoms with van der Waals surface area (Å²) in [6, 6.07) is 13.5. The number of nitrogens with two attached hydrogens (primary N) is 1. The summed E-state index contributed by atoms with van der Waals surface area (Å²) in [5.74, 6) is 0.339. The molecule has 4 rings (SSSR count). The van der Waals surface area contributed by atoms with E-state index in [0.717, 1.165) is 71.9 Å². The van der Waals surface area contributed by atoms with Crippen molar-refractivity contribution in [3.63, 3.8) is 0 Å². The fourth-order valence-corrected chi connectivity index (χ4v) is 8.92. The molecule has 14 nitrogen and oxygen atoms in total. The average Bonchev–Trinajstić information content (AvgIpc) is 3.65. The standard InChI is InChI=1S/C49H74N8O6S/c1-4-6-8-9-10-11-12-13-14-15-16-17-18-21-29-56(49(62)63)30-31-64-35-42(52-36(3)59)48(61)54-41(34-58)47(60)51-32-37-25-27-38(28-26-37)33-57-43(24-7-5-2)55-44-45(57)39-22-19-20-23-40(39)53-46(44)50/h19-20,22-23,25-28,41-42,58H,4-18,21,24,29-35H2,1-3H3,(H2,50,53)(H,51,60)(H,52,59)(H,54,61)(H,62,63)/t41-,42+/m0/s1. The number of benzene rings is 2. The van der Waals surface area contributed by atoms with Gasteiger partial charge in [-0.3, -0.25) is 14.4 Å². The van der Waals surface area contributed by atoms with Crippen LogP contribution in [0.2, 0.25) is 0 Å². The first-order chi connectivity index (χ1) is 31.1. The lowest BCUT2D eigenvalue weighted by Crippen LogP contribution is -2.55. The summed E-state index contributed by atoms with van der Waals surface area (Å²) in [7, 11) is 0. The molecular weight excluding hydrogens is 829 g/mol. The molecule has 0 radical (unpaired) electrons. The number of para-hydroxylation sites is 1. The number of nitrogens with one attached hydrogen (secondary N) is 3. The number of aliphatic hydroxyl groups is 1. The Morgan fingerprint density at radius 1 is 0.750 bits per heavy atom. The Balaban J connectivity index is 1.20. The van der Waals surface area contributed by atoms with Crippen LogP contribution in [0.1, 0.15) is 140 Å². The molecule has 4 amide bonds. The van der Waals surface area contributed by atoms with Crippen LogP contribution >= 0.6 is 11.8 Å². The zero-order valence-electron chi connectivity index (χ0n) is 38.5. The van der Waals surface area contributed by atoms with Crippen LogP contribution in [0.3, 0.4) is 0 Å². The lowest BCUT2D eigenvalue weighted by atomic mass is 10.0. The lowest BCUT2D eigenvalue weighted by Gasteiger charge is -2.22. The summed E-state index contributed by atoms with van der Waals surface area (Å²) < 4.78 is 2.22. The molecule has 0 aliphatic heterocycles. The molecule has 0 bridgehead atoms. The Hall–Kier alpha value is -4.89. The number of unbranched alkanes of at least 4 members (excludes halogenated alkanes) is 14. The smallest absolute Gasteiger partial charge is 0.407 e. The molecule has 352 valence electrons. The fourth-order valence-electron chi connectivity index (χ4n) is 7.93. The number of carbonyl (C=O) groups excluding carboxylic acids is 3. The minimum atomic E-state index is -1.24. The highest BCUT2D eigenvalue weighted by atomic mass is 32.2. The quantitative estimate of drug-likeness (QED) is 0.0259. The first-order valence-electron chi connectivity index (χ1n) is 23.7. The van der Waals surface area contributed by atoms with Gasteiger partial charge in [0.1, 0.15) is 23.4 Å². The summed E-state index contributed by atoms with van der Waals surface area (Å²) in [4.78, 5) is 61.3. The zero-order valence-corrected chi connectivity index (χ0v) is 39.4. The third-order valence-corrected chi connectivity index (χ3v) is 12.7. The van der Waals surface area contributed by atoms with E-state index in [9.17, 15) is 29.4 Å². The highest BCUT2D eigenvalue weighted by Crippen LogP contribution is 2.30. The molecule has 2 heterocycles. The Bertz CT molecular complexity index is 2040. The number of carboxylic acid groups (broad SMARTS) is 1. The zero-order chi connectivity index (χ0) is 46.1. The van der Waals surface area contributed by atoms with Gasteiger partial charge in [-0.25, -0.2) is 14.8 Å². The van der Waals surface area contributed by atoms with Gasteiger partial charge in [0.25, 0.3) is 0 Å². The van der Waals surface area contributed by atoms with Gasteiger partial charge < -0.3 is 41.4 Å². The Morgan fingerprint density at radius 2 is 1.36 bits per heavy atom. The molecule has 64 heavy (non-hydrogen) atoms. The van der Waals surface area contributed by atoms with Crippen LogP contribution in [0.15, 0.2) is 48.5 Å². The van der Waals surface area contributed by atoms with Crippen molar-refractivity contribution in [2.45, 2.75) is 155 Å². The normalized spacial score (nSPS) is 12.3. The third-order valence-electron chi connectivity index (χ3n) is 11.6. The largest absolute Gasteiger partial charge is 0.465 e. The van der Waals surface area contributed by atoms with Crippen molar-refractivity contribution in [1.29, 1.82) is 0 Å². The third kappa shape index (κ3) is 17.2. The molecule has 0 spiro atoms. The first-order valence-corrected chi connectivity index (χ1v) is 24.8. The molecule has 0 saturated heterocycles. The van der Waals surface area contributed by atoms with Crippen LogP contribution in [0.25, 0.3) is 21.9 Å². The Kier molecular flexibility index (Phi) is 23.3. The van der Waals surface area contributed by atoms with Crippen molar-refractivity contribution in [2.24, 2.45) is 0 Å². The number of amides is 4. The number of fused-ring (bicyclic) bond motifs is 3. The van der Waals surface area contributed by atoms with Crippen molar-refractivity contribution >= 4 is 63.3 Å². The molecule has 2 aromatic heterocycles. The van der Waals surface area contributed by atoms with Gasteiger partial charge in [0, 0.05) is 56.4 Å². The number of nitrogen functional groups attached to an aromatic ring is 1. The lowest BCUT2D eigenvalue weighted by molar-refractivity contribution is -0.132. The van der Waals surface area contributed by atoms with Gasteiger partial charge in [0.05, 0.1) is 17.6 Å². The highest BCUT2D eigenvalue weighted by molar-refractivity contribution is 7.99. The van der Waals surface area contributed by atoms with E-state index < -0.39 is 42.5 Å². The van der Waals surface area contributed by atoms with E-state index in [0.29, 0.717) is 36.7 Å². The summed E-state index contributed by atoms with van der Waals surface area (Å²) in [6.07, 6.45) is 19.1. The Morgan fingerprint density at radius 3 is 1.97 bits per heavy atom. The van der Waals surface area contributed by atoms with Crippen molar-refractivity contribution in [2.75, 3.05) is 36.9 Å². The van der Waals surface area contributed by atoms with Crippen LogP contribution in [0.5, 0.6) is 0 Å². The second-order valence-electron chi connectivity index (χ2n) is 16.9. The van der Waals surface area contributed by atoms with Crippen LogP contribution < -0.4 is 21.7 Å². The topological polar surface area (TPSA) is 205 Å². The second kappa shape index (κ2) is 28.8. The number of aromatic nitrogens is 3. The molecule has 0 aliphatic rings. The second-order valence-corrected chi connectivity index (χ2v) is 18.1. The van der Waals surface area contributed by atoms with Gasteiger partial charge in [0.15, 0.2) is 5.82 Å². The predicted octanol–water partition coefficient (Wildman–Crippen LogP) is 8.35. The minimum absolute atomic E-state index is 0.165. The van der Waals surface area contributed by atoms with E-state index in [2.05, 4.69) is 39.3 Å². The highest BCUT2D eigenvalue weighted by Gasteiger charge is 2.26. The summed E-state index contributed by atoms with van der Waals surface area (Å²) in [6.45, 7) is 6.53. The van der Waals surface area contributed by atoms with Crippen LogP contribution in [-0.2, 0) is 33.9 Å². The number of thioether (sulfide) groups is 1. The number of hydrogen-bond acceptors (Lipinski definition) is 9. The number of carbonyl (C=O) groups is 4. The van der Waals surface area contributed by atoms with E-state index in [1.54, 1.807) is 0 Å². The van der Waals surface area contributed by atoms with Gasteiger partial charge in [-0.2, -0.15) is 11.8 Å². The number of hydrogen-bond donors (Lipinski definition) is 6. The fraction of sp³-hybridized carbons (Fsp3) is 0.592. The number of aliphatic hydroxyl groups excluding tert-OH is 1. The maximum atomic E-state index is 13.3. The Labute approximate surface area is 384 Å². The molecule has 0 aliphatic carbocycles. The number of pyridine rings is 1. The maximum Gasteiger partial charge on any atom is 0.407 e. The molecular formula is C49H74N8O6S. The van der Waals surface area contributed by atoms with Crippen molar-refractivity contribution < 1.29 is 29.4 Å². The molecule has 0 unspecified atom stereocenters. The van der Waals surface area contributed by atoms with Crippen LogP contribution in [0.4, 0.5) is 10.6 Å². The summed E-state index contributed by atoms with van der Waals surface area (Å²) >= 11 is 1.34. The monoisotopic (exact) mass is 903 g/mol. The van der Waals surface area contributed by atoms with E-state index in [1.807, 2.05) is 48.5 Å².